The second-order valence-corrected chi connectivity index (χ2v) is 6.17. The molecule has 128 valence electrons. The van der Waals surface area contributed by atoms with Crippen molar-refractivity contribution in [3.8, 4) is 0 Å². The Morgan fingerprint density at radius 3 is 2.42 bits per heavy atom. The molecule has 0 aliphatic carbocycles. The fourth-order valence-electron chi connectivity index (χ4n) is 2.93. The molecule has 0 spiro atoms. The highest BCUT2D eigenvalue weighted by atomic mass is 15.3. The van der Waals surface area contributed by atoms with Gasteiger partial charge in [-0.3, -0.25) is 0 Å². The van der Waals surface area contributed by atoms with Crippen molar-refractivity contribution in [3.05, 3.63) is 36.8 Å². The number of pyridine rings is 1. The van der Waals surface area contributed by atoms with Crippen molar-refractivity contribution >= 4 is 17.5 Å². The molecule has 0 amide bonds. The minimum Gasteiger partial charge on any atom is -0.360 e. The first kappa shape index (κ1) is 16.5. The topological polar surface area (TPSA) is 48.4 Å². The van der Waals surface area contributed by atoms with Crippen molar-refractivity contribution < 1.29 is 0 Å². The van der Waals surface area contributed by atoms with Gasteiger partial charge in [-0.1, -0.05) is 19.4 Å². The Balaban J connectivity index is 1.62. The Labute approximate surface area is 144 Å². The zero-order valence-corrected chi connectivity index (χ0v) is 14.6. The molecule has 0 N–H and O–H groups in total. The molecule has 0 radical (unpaired) electrons. The van der Waals surface area contributed by atoms with Crippen LogP contribution in [-0.2, 0) is 0 Å². The number of nitrogens with zero attached hydrogens (tertiary/aromatic N) is 6. The molecular formula is C18H26N6. The number of unbranched alkanes of at least 4 members (excludes halogenated alkanes) is 1. The van der Waals surface area contributed by atoms with E-state index < -0.39 is 0 Å². The van der Waals surface area contributed by atoms with Gasteiger partial charge in [-0.15, -0.1) is 0 Å². The number of aromatic nitrogens is 3. The lowest BCUT2D eigenvalue weighted by Gasteiger charge is -2.36. The Kier molecular flexibility index (Phi) is 5.46. The maximum absolute atomic E-state index is 4.48. The lowest BCUT2D eigenvalue weighted by Crippen LogP contribution is -2.47. The molecule has 0 unspecified atom stereocenters. The SMILES string of the molecule is CCCCN(C)c1cc(N2CCN(c3ccccn3)CC2)ncn1. The van der Waals surface area contributed by atoms with Gasteiger partial charge in [0.2, 0.25) is 0 Å². The van der Waals surface area contributed by atoms with E-state index >= 15 is 0 Å². The van der Waals surface area contributed by atoms with Gasteiger partial charge in [0, 0.05) is 52.0 Å². The summed E-state index contributed by atoms with van der Waals surface area (Å²) < 4.78 is 0. The van der Waals surface area contributed by atoms with Crippen LogP contribution < -0.4 is 14.7 Å². The molecule has 1 aliphatic heterocycles. The molecule has 3 heterocycles. The van der Waals surface area contributed by atoms with Gasteiger partial charge in [0.05, 0.1) is 0 Å². The fourth-order valence-corrected chi connectivity index (χ4v) is 2.93. The van der Waals surface area contributed by atoms with Crippen molar-refractivity contribution in [1.82, 2.24) is 15.0 Å². The van der Waals surface area contributed by atoms with Gasteiger partial charge in [0.1, 0.15) is 23.8 Å². The molecule has 0 saturated carbocycles. The third-order valence-electron chi connectivity index (χ3n) is 4.45. The maximum atomic E-state index is 4.48. The molecule has 2 aromatic heterocycles. The average molecular weight is 326 g/mol. The first-order valence-electron chi connectivity index (χ1n) is 8.72. The molecule has 1 saturated heterocycles. The first-order valence-corrected chi connectivity index (χ1v) is 8.72. The summed E-state index contributed by atoms with van der Waals surface area (Å²) in [5.74, 6) is 3.07. The Bertz CT molecular complexity index is 624. The molecule has 0 atom stereocenters. The summed E-state index contributed by atoms with van der Waals surface area (Å²) in [5, 5.41) is 0. The van der Waals surface area contributed by atoms with E-state index in [-0.39, 0.29) is 0 Å². The summed E-state index contributed by atoms with van der Waals surface area (Å²) in [6.07, 6.45) is 5.90. The average Bonchev–Trinajstić information content (AvgIpc) is 2.67. The number of hydrogen-bond acceptors (Lipinski definition) is 6. The van der Waals surface area contributed by atoms with Gasteiger partial charge in [-0.05, 0) is 18.6 Å². The van der Waals surface area contributed by atoms with Crippen LogP contribution >= 0.6 is 0 Å². The minimum absolute atomic E-state index is 0.950. The second kappa shape index (κ2) is 7.95. The molecule has 2 aromatic rings. The fraction of sp³-hybridized carbons (Fsp3) is 0.500. The zero-order chi connectivity index (χ0) is 16.8. The number of piperazine rings is 1. The predicted octanol–water partition coefficient (Wildman–Crippen LogP) is 2.43. The van der Waals surface area contributed by atoms with Gasteiger partial charge in [0.25, 0.3) is 0 Å². The van der Waals surface area contributed by atoms with Crippen molar-refractivity contribution in [1.29, 1.82) is 0 Å². The molecule has 1 fully saturated rings. The lowest BCUT2D eigenvalue weighted by atomic mass is 10.3. The van der Waals surface area contributed by atoms with E-state index in [2.05, 4.69) is 55.8 Å². The monoisotopic (exact) mass is 326 g/mol. The van der Waals surface area contributed by atoms with Crippen LogP contribution in [0.1, 0.15) is 19.8 Å². The van der Waals surface area contributed by atoms with Crippen LogP contribution in [0.2, 0.25) is 0 Å². The highest BCUT2D eigenvalue weighted by molar-refractivity contribution is 5.51. The molecule has 6 heteroatoms. The Hall–Kier alpha value is -2.37. The van der Waals surface area contributed by atoms with Gasteiger partial charge >= 0.3 is 0 Å². The van der Waals surface area contributed by atoms with Gasteiger partial charge in [-0.2, -0.15) is 0 Å². The standard InChI is InChI=1S/C18H26N6/c1-3-4-9-22(2)17-14-18(21-15-20-17)24-12-10-23(11-13-24)16-7-5-6-8-19-16/h5-8,14-15H,3-4,9-13H2,1-2H3. The van der Waals surface area contributed by atoms with Crippen molar-refractivity contribution in [3.63, 3.8) is 0 Å². The van der Waals surface area contributed by atoms with E-state index in [1.54, 1.807) is 6.33 Å². The minimum atomic E-state index is 0.950. The summed E-state index contributed by atoms with van der Waals surface area (Å²) in [5.41, 5.74) is 0. The van der Waals surface area contributed by atoms with E-state index in [0.29, 0.717) is 0 Å². The van der Waals surface area contributed by atoms with Crippen LogP contribution in [0.5, 0.6) is 0 Å². The first-order chi connectivity index (χ1) is 11.8. The Morgan fingerprint density at radius 1 is 1.00 bits per heavy atom. The second-order valence-electron chi connectivity index (χ2n) is 6.17. The lowest BCUT2D eigenvalue weighted by molar-refractivity contribution is 0.640. The molecule has 1 aliphatic rings. The summed E-state index contributed by atoms with van der Waals surface area (Å²) in [6, 6.07) is 8.17. The maximum Gasteiger partial charge on any atom is 0.134 e. The van der Waals surface area contributed by atoms with Crippen LogP contribution in [0.25, 0.3) is 0 Å². The van der Waals surface area contributed by atoms with Crippen LogP contribution in [0.4, 0.5) is 17.5 Å². The molecule has 0 aromatic carbocycles. The van der Waals surface area contributed by atoms with Crippen molar-refractivity contribution in [2.45, 2.75) is 19.8 Å². The van der Waals surface area contributed by atoms with Gasteiger partial charge < -0.3 is 14.7 Å². The number of anilines is 3. The van der Waals surface area contributed by atoms with E-state index in [4.69, 9.17) is 0 Å². The van der Waals surface area contributed by atoms with Gasteiger partial charge in [0.15, 0.2) is 0 Å². The Morgan fingerprint density at radius 2 is 1.75 bits per heavy atom. The number of hydrogen-bond donors (Lipinski definition) is 0. The van der Waals surface area contributed by atoms with Gasteiger partial charge in [-0.25, -0.2) is 15.0 Å². The third-order valence-corrected chi connectivity index (χ3v) is 4.45. The van der Waals surface area contributed by atoms with E-state index in [0.717, 1.165) is 50.2 Å². The predicted molar refractivity (Wildman–Crippen MR) is 98.9 cm³/mol. The largest absolute Gasteiger partial charge is 0.360 e. The van der Waals surface area contributed by atoms with Crippen molar-refractivity contribution in [2.75, 3.05) is 54.5 Å². The molecule has 0 bridgehead atoms. The molecule has 3 rings (SSSR count). The zero-order valence-electron chi connectivity index (χ0n) is 14.6. The van der Waals surface area contributed by atoms with Crippen LogP contribution in [0.15, 0.2) is 36.8 Å². The highest BCUT2D eigenvalue weighted by Crippen LogP contribution is 2.20. The summed E-state index contributed by atoms with van der Waals surface area (Å²) in [6.45, 7) is 7.06. The quantitative estimate of drug-likeness (QED) is 0.812. The van der Waals surface area contributed by atoms with E-state index in [9.17, 15) is 0 Å². The third kappa shape index (κ3) is 3.93. The van der Waals surface area contributed by atoms with E-state index in [1.165, 1.54) is 12.8 Å². The molecule has 6 nitrogen and oxygen atoms in total. The summed E-state index contributed by atoms with van der Waals surface area (Å²) >= 11 is 0. The van der Waals surface area contributed by atoms with Crippen LogP contribution in [0, 0.1) is 0 Å². The highest BCUT2D eigenvalue weighted by Gasteiger charge is 2.19. The summed E-state index contributed by atoms with van der Waals surface area (Å²) in [4.78, 5) is 20.2. The molecular weight excluding hydrogens is 300 g/mol. The summed E-state index contributed by atoms with van der Waals surface area (Å²) in [7, 11) is 2.10. The number of rotatable bonds is 6. The normalized spacial score (nSPS) is 14.8. The molecule has 24 heavy (non-hydrogen) atoms. The van der Waals surface area contributed by atoms with E-state index in [1.807, 2.05) is 18.3 Å². The van der Waals surface area contributed by atoms with Crippen LogP contribution in [0.3, 0.4) is 0 Å². The smallest absolute Gasteiger partial charge is 0.134 e. The van der Waals surface area contributed by atoms with Crippen molar-refractivity contribution in [2.24, 2.45) is 0 Å². The van der Waals surface area contributed by atoms with Crippen LogP contribution in [-0.4, -0.2) is 54.7 Å².